The van der Waals surface area contributed by atoms with Gasteiger partial charge >= 0.3 is 5.97 Å². The van der Waals surface area contributed by atoms with Crippen LogP contribution in [0.25, 0.3) is 0 Å². The summed E-state index contributed by atoms with van der Waals surface area (Å²) in [6.45, 7) is 16.3. The molecule has 2 aromatic carbocycles. The largest absolute Gasteiger partial charge is 0.489 e. The summed E-state index contributed by atoms with van der Waals surface area (Å²) in [6.07, 6.45) is 6.79. The highest BCUT2D eigenvalue weighted by Crippen LogP contribution is 2.37. The monoisotopic (exact) mass is 622 g/mol. The van der Waals surface area contributed by atoms with Crippen LogP contribution in [0, 0.1) is 0 Å². The Morgan fingerprint density at radius 3 is 2.11 bits per heavy atom. The van der Waals surface area contributed by atoms with E-state index in [1.165, 1.54) is 13.2 Å². The summed E-state index contributed by atoms with van der Waals surface area (Å²) in [5, 5.41) is -0.00123. The molecule has 0 bridgehead atoms. The molecule has 2 aromatic rings. The normalized spacial score (nSPS) is 22.3. The van der Waals surface area contributed by atoms with Crippen LogP contribution < -0.4 is 0 Å². The zero-order valence-corrected chi connectivity index (χ0v) is 28.2. The van der Waals surface area contributed by atoms with Gasteiger partial charge in [0.25, 0.3) is 0 Å². The maximum Gasteiger partial charge on any atom is 0.333 e. The molecule has 7 nitrogen and oxygen atoms in total. The average Bonchev–Trinajstić information content (AvgIpc) is 3.08. The van der Waals surface area contributed by atoms with Gasteiger partial charge in [0.05, 0.1) is 45.7 Å². The van der Waals surface area contributed by atoms with E-state index in [4.69, 9.17) is 28.1 Å². The molecule has 4 atom stereocenters. The lowest BCUT2D eigenvalue weighted by Crippen LogP contribution is -2.43. The van der Waals surface area contributed by atoms with Crippen molar-refractivity contribution < 1.29 is 32.9 Å². The Labute approximate surface area is 265 Å². The predicted molar refractivity (Wildman–Crippen MR) is 176 cm³/mol. The third-order valence-corrected chi connectivity index (χ3v) is 12.6. The molecule has 0 radical (unpaired) electrons. The zero-order valence-electron chi connectivity index (χ0n) is 27.2. The van der Waals surface area contributed by atoms with Crippen molar-refractivity contribution in [3.63, 3.8) is 0 Å². The second-order valence-corrected chi connectivity index (χ2v) is 17.3. The first-order chi connectivity index (χ1) is 21.0. The minimum atomic E-state index is -2.12. The molecule has 0 aromatic heterocycles. The number of esters is 1. The molecule has 240 valence electrons. The van der Waals surface area contributed by atoms with Crippen LogP contribution >= 0.6 is 0 Å². The molecule has 0 aliphatic carbocycles. The fraction of sp³-hybridized carbons (Fsp3) is 0.472. The van der Waals surface area contributed by atoms with Crippen molar-refractivity contribution >= 4 is 14.3 Å². The van der Waals surface area contributed by atoms with Crippen molar-refractivity contribution in [1.29, 1.82) is 0 Å². The van der Waals surface area contributed by atoms with Crippen molar-refractivity contribution in [3.8, 4) is 0 Å². The van der Waals surface area contributed by atoms with E-state index in [0.29, 0.717) is 38.4 Å². The van der Waals surface area contributed by atoms with Crippen LogP contribution in [-0.4, -0.2) is 59.0 Å². The second kappa shape index (κ2) is 17.5. The molecular formula is C36H50O7Si. The molecule has 0 fully saturated rings. The number of rotatable bonds is 14. The summed E-state index contributed by atoms with van der Waals surface area (Å²) >= 11 is 0. The van der Waals surface area contributed by atoms with E-state index in [1.807, 2.05) is 60.7 Å². The Morgan fingerprint density at radius 1 is 0.955 bits per heavy atom. The van der Waals surface area contributed by atoms with Crippen molar-refractivity contribution in [3.05, 3.63) is 108 Å². The van der Waals surface area contributed by atoms with Crippen LogP contribution in [0.5, 0.6) is 0 Å². The van der Waals surface area contributed by atoms with Gasteiger partial charge in [-0.3, -0.25) is 0 Å². The van der Waals surface area contributed by atoms with Crippen LogP contribution in [0.15, 0.2) is 97.3 Å². The van der Waals surface area contributed by atoms with Gasteiger partial charge in [0.2, 0.25) is 0 Å². The van der Waals surface area contributed by atoms with Gasteiger partial charge in [-0.15, -0.1) is 6.58 Å². The molecule has 8 heteroatoms. The molecular weight excluding hydrogens is 572 g/mol. The number of hydrogen-bond acceptors (Lipinski definition) is 7. The molecule has 0 amide bonds. The summed E-state index contributed by atoms with van der Waals surface area (Å²) in [5.41, 5.74) is 2.17. The fourth-order valence-corrected chi connectivity index (χ4v) is 5.31. The second-order valence-electron chi connectivity index (χ2n) is 12.5. The van der Waals surface area contributed by atoms with Gasteiger partial charge in [0.15, 0.2) is 8.32 Å². The van der Waals surface area contributed by atoms with Crippen LogP contribution in [0.3, 0.4) is 0 Å². The van der Waals surface area contributed by atoms with Crippen LogP contribution in [0.1, 0.15) is 44.7 Å². The van der Waals surface area contributed by atoms with E-state index in [9.17, 15) is 4.79 Å². The SMILES string of the molecule is C=C[C@@H]1O[C@H](COCc2ccccc2)[C@@H](OCc2ccccc2)C/C=C\C[C@H]1O/C(=C/C(=O)OC)CO[Si](C)(C)C(C)(C)C. The maximum atomic E-state index is 12.3. The number of benzene rings is 2. The standard InChI is InChI=1S/C36H50O7Si/c1-8-31-33(42-30(23-35(37)38-5)26-41-44(6,7)36(2,3)4)22-16-15-21-32(40-25-29-19-13-10-14-20-29)34(43-31)27-39-24-28-17-11-9-12-18-28/h8-20,23,31-34H,1,21-22,24-27H2,2-7H3/b16-15-,30-23+/t31-,32-,33+,34+/m0/s1. The van der Waals surface area contributed by atoms with Gasteiger partial charge in [0.1, 0.15) is 24.1 Å². The van der Waals surface area contributed by atoms with E-state index < -0.39 is 32.6 Å². The Hall–Kier alpha value is -3.01. The topological polar surface area (TPSA) is 72.5 Å². The molecule has 0 N–H and O–H groups in total. The number of methoxy groups -OCH3 is 1. The molecule has 0 unspecified atom stereocenters. The van der Waals surface area contributed by atoms with Crippen molar-refractivity contribution in [1.82, 2.24) is 0 Å². The lowest BCUT2D eigenvalue weighted by Gasteiger charge is -2.37. The smallest absolute Gasteiger partial charge is 0.333 e. The molecule has 0 saturated carbocycles. The van der Waals surface area contributed by atoms with Crippen molar-refractivity contribution in [2.45, 2.75) is 89.4 Å². The first kappa shape index (κ1) is 35.5. The number of carbonyl (C=O) groups excluding carboxylic acids is 1. The third-order valence-electron chi connectivity index (χ3n) is 8.11. The van der Waals surface area contributed by atoms with E-state index in [0.717, 1.165) is 11.1 Å². The Morgan fingerprint density at radius 2 is 1.55 bits per heavy atom. The minimum Gasteiger partial charge on any atom is -0.489 e. The Bertz CT molecular complexity index is 1200. The summed E-state index contributed by atoms with van der Waals surface area (Å²) in [7, 11) is -0.771. The molecule has 1 aliphatic rings. The summed E-state index contributed by atoms with van der Waals surface area (Å²) in [5.74, 6) is -0.112. The van der Waals surface area contributed by atoms with E-state index in [2.05, 4.69) is 52.6 Å². The summed E-state index contributed by atoms with van der Waals surface area (Å²) in [6, 6.07) is 20.1. The maximum absolute atomic E-state index is 12.3. The van der Waals surface area contributed by atoms with Gasteiger partial charge in [-0.25, -0.2) is 4.79 Å². The number of ether oxygens (including phenoxy) is 5. The highest BCUT2D eigenvalue weighted by molar-refractivity contribution is 6.74. The zero-order chi connectivity index (χ0) is 32.0. The van der Waals surface area contributed by atoms with Gasteiger partial charge < -0.3 is 28.1 Å². The Balaban J connectivity index is 1.81. The summed E-state index contributed by atoms with van der Waals surface area (Å²) < 4.78 is 37.1. The number of hydrogen-bond donors (Lipinski definition) is 0. The predicted octanol–water partition coefficient (Wildman–Crippen LogP) is 7.54. The van der Waals surface area contributed by atoms with Crippen LogP contribution in [0.2, 0.25) is 18.1 Å². The van der Waals surface area contributed by atoms with Gasteiger partial charge in [0, 0.05) is 6.42 Å². The van der Waals surface area contributed by atoms with Gasteiger partial charge in [-0.05, 0) is 35.7 Å². The van der Waals surface area contributed by atoms with E-state index in [-0.39, 0.29) is 17.7 Å². The van der Waals surface area contributed by atoms with E-state index >= 15 is 0 Å². The first-order valence-corrected chi connectivity index (χ1v) is 18.2. The average molecular weight is 623 g/mol. The molecule has 3 rings (SSSR count). The molecule has 44 heavy (non-hydrogen) atoms. The third kappa shape index (κ3) is 11.5. The minimum absolute atomic E-state index is 0.00123. The van der Waals surface area contributed by atoms with Crippen molar-refractivity contribution in [2.24, 2.45) is 0 Å². The van der Waals surface area contributed by atoms with Crippen molar-refractivity contribution in [2.75, 3.05) is 20.3 Å². The van der Waals surface area contributed by atoms with Crippen LogP contribution in [-0.2, 0) is 46.1 Å². The lowest BCUT2D eigenvalue weighted by molar-refractivity contribution is -0.146. The van der Waals surface area contributed by atoms with E-state index in [1.54, 1.807) is 6.08 Å². The lowest BCUT2D eigenvalue weighted by atomic mass is 10.1. The highest BCUT2D eigenvalue weighted by atomic mass is 28.4. The molecule has 1 heterocycles. The quantitative estimate of drug-likeness (QED) is 0.0709. The number of carbonyl (C=O) groups is 1. The first-order valence-electron chi connectivity index (χ1n) is 15.3. The van der Waals surface area contributed by atoms with Gasteiger partial charge in [-0.2, -0.15) is 0 Å². The molecule has 1 aliphatic heterocycles. The molecule has 0 saturated heterocycles. The molecule has 0 spiro atoms. The van der Waals surface area contributed by atoms with Gasteiger partial charge in [-0.1, -0.05) is 99.7 Å². The highest BCUT2D eigenvalue weighted by Gasteiger charge is 2.38. The summed E-state index contributed by atoms with van der Waals surface area (Å²) in [4.78, 5) is 12.3. The Kier molecular flexibility index (Phi) is 14.1. The fourth-order valence-electron chi connectivity index (χ4n) is 4.38. The van der Waals surface area contributed by atoms with Crippen LogP contribution in [0.4, 0.5) is 0 Å².